The molecule has 30 heavy (non-hydrogen) atoms. The highest BCUT2D eigenvalue weighted by Crippen LogP contribution is 2.63. The third-order valence-corrected chi connectivity index (χ3v) is 9.62. The van der Waals surface area contributed by atoms with Crippen LogP contribution < -0.4 is 0 Å². The number of aliphatic hydroxyl groups is 1. The zero-order valence-corrected chi connectivity index (χ0v) is 20.5. The fourth-order valence-electron chi connectivity index (χ4n) is 6.17. The lowest BCUT2D eigenvalue weighted by Gasteiger charge is -2.61. The highest BCUT2D eigenvalue weighted by atomic mass is 31.3. The third-order valence-electron chi connectivity index (χ3n) is 7.47. The molecule has 0 aromatic heterocycles. The number of fused-ring (bicyclic) bond motifs is 1. The fraction of sp³-hybridized carbons (Fsp3) is 0.900. The SMILES string of the molecule is C/C(=C\COP(=O)(O)OP(=O)(O)O)CC[C@H]1[C@]2(C)CCCC(C)(C)[C@H]2CC[C@]1(C)O. The standard InChI is InChI=1S/C20H38O8P2/c1-15(10-14-27-30(25,26)28-29(22,23)24)7-8-17-19(4)12-6-11-18(2,3)16(19)9-13-20(17,5)21/h10,16-17,21H,6-9,11-14H2,1-5H3,(H,25,26)(H2,22,23,24)/b15-10+/t16-,17+,19-,20+/m1/s1. The van der Waals surface area contributed by atoms with Gasteiger partial charge in [-0.15, -0.1) is 0 Å². The summed E-state index contributed by atoms with van der Waals surface area (Å²) in [5, 5.41) is 11.2. The third kappa shape index (κ3) is 6.49. The van der Waals surface area contributed by atoms with Crippen molar-refractivity contribution in [3.63, 3.8) is 0 Å². The molecule has 5 atom stereocenters. The van der Waals surface area contributed by atoms with E-state index in [9.17, 15) is 19.1 Å². The molecule has 0 bridgehead atoms. The highest BCUT2D eigenvalue weighted by Gasteiger charge is 2.57. The van der Waals surface area contributed by atoms with E-state index in [-0.39, 0.29) is 23.4 Å². The van der Waals surface area contributed by atoms with Crippen LogP contribution in [-0.2, 0) is 18.0 Å². The molecule has 0 aromatic carbocycles. The first-order chi connectivity index (χ1) is 13.5. The Bertz CT molecular complexity index is 741. The first-order valence-electron chi connectivity index (χ1n) is 10.6. The minimum Gasteiger partial charge on any atom is -0.390 e. The molecule has 10 heteroatoms. The van der Waals surface area contributed by atoms with Gasteiger partial charge in [-0.25, -0.2) is 9.13 Å². The van der Waals surface area contributed by atoms with Gasteiger partial charge in [0.25, 0.3) is 0 Å². The van der Waals surface area contributed by atoms with Gasteiger partial charge in [0.05, 0.1) is 12.2 Å². The molecule has 0 aliphatic heterocycles. The predicted octanol–water partition coefficient (Wildman–Crippen LogP) is 4.93. The summed E-state index contributed by atoms with van der Waals surface area (Å²) < 4.78 is 30.6. The number of hydrogen-bond acceptors (Lipinski definition) is 5. The lowest BCUT2D eigenvalue weighted by molar-refractivity contribution is -0.168. The van der Waals surface area contributed by atoms with E-state index in [0.29, 0.717) is 12.3 Å². The molecule has 0 radical (unpaired) electrons. The van der Waals surface area contributed by atoms with Crippen molar-refractivity contribution < 1.29 is 37.8 Å². The lowest BCUT2D eigenvalue weighted by atomic mass is 9.45. The van der Waals surface area contributed by atoms with Crippen molar-refractivity contribution in [2.45, 2.75) is 85.2 Å². The van der Waals surface area contributed by atoms with E-state index >= 15 is 0 Å². The van der Waals surface area contributed by atoms with Crippen molar-refractivity contribution in [3.05, 3.63) is 11.6 Å². The molecular formula is C20H38O8P2. The maximum atomic E-state index is 11.5. The maximum Gasteiger partial charge on any atom is 0.481 e. The van der Waals surface area contributed by atoms with Gasteiger partial charge in [0.1, 0.15) is 0 Å². The van der Waals surface area contributed by atoms with Crippen LogP contribution in [0.3, 0.4) is 0 Å². The lowest BCUT2D eigenvalue weighted by Crippen LogP contribution is -2.57. The monoisotopic (exact) mass is 468 g/mol. The van der Waals surface area contributed by atoms with Gasteiger partial charge in [-0.05, 0) is 75.0 Å². The molecule has 0 aromatic rings. The van der Waals surface area contributed by atoms with E-state index < -0.39 is 21.2 Å². The van der Waals surface area contributed by atoms with Gasteiger partial charge in [0.15, 0.2) is 0 Å². The second kappa shape index (κ2) is 9.07. The quantitative estimate of drug-likeness (QED) is 0.291. The molecule has 8 nitrogen and oxygen atoms in total. The van der Waals surface area contributed by atoms with Gasteiger partial charge in [-0.2, -0.15) is 4.31 Å². The summed E-state index contributed by atoms with van der Waals surface area (Å²) in [4.78, 5) is 26.6. The van der Waals surface area contributed by atoms with E-state index in [1.54, 1.807) is 6.08 Å². The average Bonchev–Trinajstić information content (AvgIpc) is 2.50. The van der Waals surface area contributed by atoms with Crippen LogP contribution >= 0.6 is 15.6 Å². The summed E-state index contributed by atoms with van der Waals surface area (Å²) in [5.74, 6) is 0.719. The van der Waals surface area contributed by atoms with Gasteiger partial charge in [0, 0.05) is 0 Å². The number of phosphoric ester groups is 1. The number of rotatable bonds is 8. The molecule has 0 amide bonds. The zero-order valence-electron chi connectivity index (χ0n) is 18.7. The molecule has 0 spiro atoms. The van der Waals surface area contributed by atoms with Gasteiger partial charge >= 0.3 is 15.6 Å². The van der Waals surface area contributed by atoms with E-state index in [1.165, 1.54) is 12.8 Å². The second-order valence-electron chi connectivity index (χ2n) is 10.3. The molecule has 4 N–H and O–H groups in total. The molecule has 0 heterocycles. The molecule has 2 saturated carbocycles. The van der Waals surface area contributed by atoms with Gasteiger partial charge < -0.3 is 19.8 Å². The second-order valence-corrected chi connectivity index (χ2v) is 13.1. The minimum atomic E-state index is -5.12. The Hall–Kier alpha value is -0.0400. The Morgan fingerprint density at radius 3 is 2.33 bits per heavy atom. The Kier molecular flexibility index (Phi) is 7.93. The zero-order chi connectivity index (χ0) is 23.0. The van der Waals surface area contributed by atoms with Crippen LogP contribution in [0.15, 0.2) is 11.6 Å². The smallest absolute Gasteiger partial charge is 0.390 e. The molecule has 176 valence electrons. The van der Waals surface area contributed by atoms with Crippen LogP contribution in [0.1, 0.15) is 79.6 Å². The van der Waals surface area contributed by atoms with Crippen molar-refractivity contribution in [1.82, 2.24) is 0 Å². The summed E-state index contributed by atoms with van der Waals surface area (Å²) in [5.41, 5.74) is 0.524. The van der Waals surface area contributed by atoms with Crippen molar-refractivity contribution in [1.29, 1.82) is 0 Å². The van der Waals surface area contributed by atoms with Gasteiger partial charge in [0.2, 0.25) is 0 Å². The Balaban J connectivity index is 2.02. The Morgan fingerprint density at radius 1 is 1.10 bits per heavy atom. The first kappa shape index (κ1) is 26.2. The van der Waals surface area contributed by atoms with Crippen molar-refractivity contribution in [2.75, 3.05) is 6.61 Å². The van der Waals surface area contributed by atoms with E-state index in [0.717, 1.165) is 31.3 Å². The van der Waals surface area contributed by atoms with Crippen LogP contribution in [0.25, 0.3) is 0 Å². The van der Waals surface area contributed by atoms with Gasteiger partial charge in [-0.1, -0.05) is 38.8 Å². The predicted molar refractivity (Wildman–Crippen MR) is 114 cm³/mol. The maximum absolute atomic E-state index is 11.5. The Morgan fingerprint density at radius 2 is 1.73 bits per heavy atom. The molecule has 2 fully saturated rings. The topological polar surface area (TPSA) is 134 Å². The van der Waals surface area contributed by atoms with E-state index in [4.69, 9.17) is 9.79 Å². The average molecular weight is 468 g/mol. The normalized spacial score (nSPS) is 36.8. The van der Waals surface area contributed by atoms with Crippen LogP contribution in [0.2, 0.25) is 0 Å². The summed E-state index contributed by atoms with van der Waals surface area (Å²) in [7, 11) is -9.94. The number of allylic oxidation sites excluding steroid dienone is 1. The molecule has 0 saturated heterocycles. The molecule has 1 unspecified atom stereocenters. The van der Waals surface area contributed by atoms with Crippen LogP contribution in [-0.4, -0.2) is 32.0 Å². The van der Waals surface area contributed by atoms with E-state index in [2.05, 4.69) is 29.6 Å². The molecule has 2 rings (SSSR count). The van der Waals surface area contributed by atoms with Crippen LogP contribution in [0.5, 0.6) is 0 Å². The minimum absolute atomic E-state index is 0.0678. The number of hydrogen-bond donors (Lipinski definition) is 4. The van der Waals surface area contributed by atoms with Crippen molar-refractivity contribution in [2.24, 2.45) is 22.7 Å². The molecule has 2 aliphatic carbocycles. The van der Waals surface area contributed by atoms with E-state index in [1.807, 2.05) is 13.8 Å². The fourth-order valence-corrected chi connectivity index (χ4v) is 7.70. The summed E-state index contributed by atoms with van der Waals surface area (Å²) in [6.45, 7) is 10.6. The van der Waals surface area contributed by atoms with Crippen LogP contribution in [0.4, 0.5) is 0 Å². The largest absolute Gasteiger partial charge is 0.481 e. The van der Waals surface area contributed by atoms with Crippen molar-refractivity contribution in [3.8, 4) is 0 Å². The first-order valence-corrected chi connectivity index (χ1v) is 13.6. The summed E-state index contributed by atoms with van der Waals surface area (Å²) in [6.07, 6.45) is 8.43. The van der Waals surface area contributed by atoms with Gasteiger partial charge in [-0.3, -0.25) is 4.52 Å². The molecular weight excluding hydrogens is 430 g/mol. The highest BCUT2D eigenvalue weighted by molar-refractivity contribution is 7.60. The Labute approximate surface area is 179 Å². The summed E-state index contributed by atoms with van der Waals surface area (Å²) >= 11 is 0. The summed E-state index contributed by atoms with van der Waals surface area (Å²) in [6, 6.07) is 0. The van der Waals surface area contributed by atoms with Crippen LogP contribution in [0, 0.1) is 22.7 Å². The number of phosphoric acid groups is 2. The van der Waals surface area contributed by atoms with Crippen molar-refractivity contribution >= 4 is 15.6 Å². The molecule has 2 aliphatic rings.